The minimum atomic E-state index is -1.47. The van der Waals surface area contributed by atoms with Crippen LogP contribution in [0.5, 0.6) is 5.75 Å². The number of Topliss-reactive ketones (excluding diaryl/α,β-unsaturated/α-hetero) is 2. The van der Waals surface area contributed by atoms with Gasteiger partial charge in [-0.3, -0.25) is 19.1 Å². The number of benzene rings is 1. The molecule has 64 heavy (non-hydrogen) atoms. The molecule has 0 aliphatic carbocycles. The number of likely N-dealkylation sites (N-methyl/N-ethyl adjacent to an activating group) is 1. The summed E-state index contributed by atoms with van der Waals surface area (Å²) in [5, 5.41) is 27.5. The predicted octanol–water partition coefficient (Wildman–Crippen LogP) is 4.01. The Morgan fingerprint density at radius 3 is 2.47 bits per heavy atom. The molecule has 352 valence electrons. The van der Waals surface area contributed by atoms with Gasteiger partial charge in [0.05, 0.1) is 30.1 Å². The minimum absolute atomic E-state index is 0.0388. The van der Waals surface area contributed by atoms with Gasteiger partial charge in [0.15, 0.2) is 17.7 Å². The van der Waals surface area contributed by atoms with Crippen molar-refractivity contribution in [2.75, 3.05) is 27.3 Å². The molecule has 0 radical (unpaired) electrons. The number of hydrogen-bond acceptors (Lipinski definition) is 18. The van der Waals surface area contributed by atoms with Crippen molar-refractivity contribution in [3.63, 3.8) is 0 Å². The Kier molecular flexibility index (Phi) is 15.9. The van der Waals surface area contributed by atoms with E-state index in [1.54, 1.807) is 39.3 Å². The summed E-state index contributed by atoms with van der Waals surface area (Å²) in [6.45, 7) is 13.4. The van der Waals surface area contributed by atoms with E-state index in [1.807, 2.05) is 54.7 Å². The second-order valence-corrected chi connectivity index (χ2v) is 18.4. The van der Waals surface area contributed by atoms with Crippen molar-refractivity contribution < 1.29 is 52.7 Å². The molecule has 5 heterocycles. The fourth-order valence-electron chi connectivity index (χ4n) is 9.29. The maximum absolute atomic E-state index is 14.3. The number of carbonyl (C=O) groups excluding carboxylic acids is 4. The third-order valence-electron chi connectivity index (χ3n) is 13.4. The van der Waals surface area contributed by atoms with E-state index in [0.29, 0.717) is 32.5 Å². The first-order chi connectivity index (χ1) is 30.4. The first kappa shape index (κ1) is 49.0. The van der Waals surface area contributed by atoms with Gasteiger partial charge in [-0.2, -0.15) is 0 Å². The Labute approximate surface area is 378 Å². The van der Waals surface area contributed by atoms with Gasteiger partial charge in [0.1, 0.15) is 41.4 Å². The van der Waals surface area contributed by atoms with Crippen LogP contribution < -0.4 is 10.6 Å². The SMILES string of the molecule is CC[C@H]1OC(=O)[C@H](C)C(=O)[C@H](C)[C@@H](O[C@@H]2O[C@H](C)C[C@H](N(C)CCc3cn(CCCOc4ccc(-c5csnn5)cc4)nn3)[C@H]2O)[C@](C)(OC)CCC(=O)[C@H](C)[C@H]2N(N)C(=O)O[C@]12C. The summed E-state index contributed by atoms with van der Waals surface area (Å²) in [5.74, 6) is 2.30. The number of ketones is 2. The molecule has 3 saturated heterocycles. The highest BCUT2D eigenvalue weighted by Gasteiger charge is 2.59. The number of aliphatic hydroxyl groups is 1. The van der Waals surface area contributed by atoms with Gasteiger partial charge in [-0.05, 0) is 89.8 Å². The Bertz CT molecular complexity index is 2060. The number of nitrogens with zero attached hydrogens (tertiary/aromatic N) is 7. The summed E-state index contributed by atoms with van der Waals surface area (Å²) < 4.78 is 42.3. The lowest BCUT2D eigenvalue weighted by atomic mass is 9.76. The fourth-order valence-corrected chi connectivity index (χ4v) is 9.76. The quantitative estimate of drug-likeness (QED) is 0.0765. The number of esters is 1. The number of hydrogen-bond donors (Lipinski definition) is 2. The van der Waals surface area contributed by atoms with Crippen LogP contribution in [0.25, 0.3) is 11.3 Å². The van der Waals surface area contributed by atoms with Crippen molar-refractivity contribution >= 4 is 35.2 Å². The highest BCUT2D eigenvalue weighted by Crippen LogP contribution is 2.41. The van der Waals surface area contributed by atoms with Crippen LogP contribution in [0.15, 0.2) is 35.8 Å². The number of cyclic esters (lactones) is 1. The van der Waals surface area contributed by atoms with E-state index < -0.39 is 83.5 Å². The van der Waals surface area contributed by atoms with Gasteiger partial charge < -0.3 is 38.4 Å². The molecule has 12 atom stereocenters. The smallest absolute Gasteiger partial charge is 0.425 e. The van der Waals surface area contributed by atoms with Crippen LogP contribution in [-0.2, 0) is 51.0 Å². The van der Waals surface area contributed by atoms with E-state index in [9.17, 15) is 24.3 Å². The van der Waals surface area contributed by atoms with Crippen LogP contribution in [0.2, 0.25) is 0 Å². The van der Waals surface area contributed by atoms with Crippen LogP contribution >= 0.6 is 11.5 Å². The molecule has 3 fully saturated rings. The van der Waals surface area contributed by atoms with Crippen molar-refractivity contribution in [3.05, 3.63) is 41.5 Å². The number of rotatable bonds is 14. The molecule has 0 bridgehead atoms. The molecule has 0 spiro atoms. The molecular formula is C44H64N8O11S. The van der Waals surface area contributed by atoms with Gasteiger partial charge in [-0.15, -0.1) is 10.2 Å². The average molecular weight is 913 g/mol. The number of ether oxygens (including phenoxy) is 6. The van der Waals surface area contributed by atoms with Crippen LogP contribution in [0.3, 0.4) is 0 Å². The Balaban J connectivity index is 1.10. The second kappa shape index (κ2) is 20.8. The number of carbonyl (C=O) groups is 4. The molecule has 3 aliphatic heterocycles. The Hall–Kier alpha value is -4.44. The van der Waals surface area contributed by atoms with E-state index in [4.69, 9.17) is 34.3 Å². The standard InChI is InChI=1S/C44H64N8O11S/c1-10-35-44(7)38(52(45)42(57)63-44)26(3)34(53)16-18-43(6,58-9)39(27(4)36(54)28(5)40(56)61-35)62-41-37(55)33(22-25(2)60-41)50(8)20-17-30-23-51(48-46-30)19-11-21-59-31-14-12-29(13-15-31)32-24-64-49-47-32/h12-15,23-28,33,35,37-39,41,55H,10-11,16-22,45H2,1-9H3/t25-,26+,27+,28-,33+,35-,37-,38-,39-,41+,43-,44-/m1/s1. The molecule has 20 heteroatoms. The van der Waals surface area contributed by atoms with Gasteiger partial charge in [-0.25, -0.2) is 15.6 Å². The topological polar surface area (TPSA) is 233 Å². The van der Waals surface area contributed by atoms with E-state index in [1.165, 1.54) is 25.6 Å². The van der Waals surface area contributed by atoms with Gasteiger partial charge in [0, 0.05) is 74.5 Å². The Morgan fingerprint density at radius 2 is 1.80 bits per heavy atom. The van der Waals surface area contributed by atoms with E-state index >= 15 is 0 Å². The number of aliphatic hydroxyl groups excluding tert-OH is 1. The minimum Gasteiger partial charge on any atom is -0.494 e. The predicted molar refractivity (Wildman–Crippen MR) is 232 cm³/mol. The molecule has 3 aromatic rings. The molecule has 1 amide bonds. The van der Waals surface area contributed by atoms with Crippen molar-refractivity contribution in [2.45, 2.75) is 148 Å². The highest BCUT2D eigenvalue weighted by molar-refractivity contribution is 7.03. The zero-order valence-electron chi connectivity index (χ0n) is 38.2. The number of aromatic nitrogens is 5. The monoisotopic (exact) mass is 912 g/mol. The summed E-state index contributed by atoms with van der Waals surface area (Å²) in [5.41, 5.74) is -0.160. The van der Waals surface area contributed by atoms with E-state index in [2.05, 4.69) is 19.9 Å². The maximum atomic E-state index is 14.3. The van der Waals surface area contributed by atoms with Crippen molar-refractivity contribution in [3.8, 4) is 17.0 Å². The summed E-state index contributed by atoms with van der Waals surface area (Å²) in [4.78, 5) is 56.9. The molecule has 3 N–H and O–H groups in total. The summed E-state index contributed by atoms with van der Waals surface area (Å²) in [6, 6.07) is 6.37. The summed E-state index contributed by atoms with van der Waals surface area (Å²) in [6.07, 6.45) is -1.69. The first-order valence-corrected chi connectivity index (χ1v) is 22.9. The van der Waals surface area contributed by atoms with Crippen LogP contribution in [0.4, 0.5) is 4.79 Å². The molecule has 6 rings (SSSR count). The zero-order valence-corrected chi connectivity index (χ0v) is 39.1. The molecule has 3 aliphatic rings. The Morgan fingerprint density at radius 1 is 1.06 bits per heavy atom. The number of aryl methyl sites for hydroxylation is 1. The number of amides is 1. The number of hydrazine groups is 1. The van der Waals surface area contributed by atoms with E-state index in [-0.39, 0.29) is 31.1 Å². The lowest BCUT2D eigenvalue weighted by Crippen LogP contribution is -2.60. The molecule has 1 aromatic carbocycles. The normalized spacial score (nSPS) is 33.2. The van der Waals surface area contributed by atoms with Crippen LogP contribution in [-0.4, -0.2) is 145 Å². The zero-order chi connectivity index (χ0) is 46.5. The molecule has 0 saturated carbocycles. The lowest BCUT2D eigenvalue weighted by molar-refractivity contribution is -0.295. The van der Waals surface area contributed by atoms with E-state index in [0.717, 1.165) is 34.1 Å². The summed E-state index contributed by atoms with van der Waals surface area (Å²) >= 11 is 1.31. The van der Waals surface area contributed by atoms with Crippen molar-refractivity contribution in [1.29, 1.82) is 0 Å². The third kappa shape index (κ3) is 10.6. The largest absolute Gasteiger partial charge is 0.494 e. The van der Waals surface area contributed by atoms with Gasteiger partial charge in [0.2, 0.25) is 0 Å². The average Bonchev–Trinajstić information content (AvgIpc) is 4.04. The van der Waals surface area contributed by atoms with Crippen molar-refractivity contribution in [2.24, 2.45) is 23.6 Å². The molecule has 0 unspecified atom stereocenters. The van der Waals surface area contributed by atoms with Gasteiger partial charge >= 0.3 is 12.1 Å². The lowest BCUT2D eigenvalue weighted by Gasteiger charge is -2.47. The highest BCUT2D eigenvalue weighted by atomic mass is 32.1. The molecule has 2 aromatic heterocycles. The molecular weight excluding hydrogens is 849 g/mol. The third-order valence-corrected chi connectivity index (χ3v) is 13.9. The van der Waals surface area contributed by atoms with Gasteiger partial charge in [0.25, 0.3) is 0 Å². The summed E-state index contributed by atoms with van der Waals surface area (Å²) in [7, 11) is 3.37. The number of fused-ring (bicyclic) bond motifs is 1. The second-order valence-electron chi connectivity index (χ2n) is 17.8. The first-order valence-electron chi connectivity index (χ1n) is 22.1. The number of methoxy groups -OCH3 is 1. The van der Waals surface area contributed by atoms with Crippen molar-refractivity contribution in [1.82, 2.24) is 34.5 Å². The maximum Gasteiger partial charge on any atom is 0.425 e. The molecule has 19 nitrogen and oxygen atoms in total. The van der Waals surface area contributed by atoms with Crippen LogP contribution in [0, 0.1) is 17.8 Å². The fraction of sp³-hybridized carbons (Fsp3) is 0.682. The number of nitrogens with two attached hydrogens (primary N) is 1. The van der Waals surface area contributed by atoms with Crippen LogP contribution in [0.1, 0.15) is 86.3 Å². The van der Waals surface area contributed by atoms with Gasteiger partial charge in [-0.1, -0.05) is 30.5 Å².